The first-order valence-electron chi connectivity index (χ1n) is 5.84. The Hall–Kier alpha value is -0.950. The molecule has 1 heterocycles. The van der Waals surface area contributed by atoms with Crippen LogP contribution in [0.2, 0.25) is 0 Å². The second-order valence-corrected chi connectivity index (χ2v) is 5.10. The monoisotopic (exact) mass is 291 g/mol. The number of rotatable bonds is 1. The van der Waals surface area contributed by atoms with Crippen molar-refractivity contribution in [2.45, 2.75) is 39.0 Å². The number of carbonyl (C=O) groups excluding carboxylic acids is 1. The molecule has 19 heavy (non-hydrogen) atoms. The highest BCUT2D eigenvalue weighted by molar-refractivity contribution is 5.84. The second-order valence-electron chi connectivity index (χ2n) is 5.10. The molecule has 0 aromatic heterocycles. The molecule has 0 aromatic rings. The molecule has 0 aliphatic carbocycles. The molecule has 1 amide bonds. The van der Waals surface area contributed by atoms with Crippen LogP contribution in [0.15, 0.2) is 0 Å². The number of carbonyl (C=O) groups is 1. The smallest absolute Gasteiger partial charge is 0.342 e. The van der Waals surface area contributed by atoms with Gasteiger partial charge in [-0.3, -0.25) is 4.79 Å². The third kappa shape index (κ3) is 2.81. The zero-order chi connectivity index (χ0) is 15.1. The van der Waals surface area contributed by atoms with Crippen molar-refractivity contribution in [3.05, 3.63) is 0 Å². The lowest BCUT2D eigenvalue weighted by atomic mass is 9.85. The average Bonchev–Trinajstić information content (AvgIpc) is 2.25. The number of hydrogen-bond acceptors (Lipinski definition) is 1. The number of amides is 1. The molecule has 0 saturated carbocycles. The highest BCUT2D eigenvalue weighted by atomic mass is 19.4. The van der Waals surface area contributed by atoms with Gasteiger partial charge in [0, 0.05) is 13.1 Å². The maximum atomic E-state index is 12.7. The standard InChI is InChI=1S/C11H15F6NO/c1-7-3-5-18(6-4-7)8(19)9(2,10(12,13)14)11(15,16)17/h7H,3-6H2,1-2H3. The van der Waals surface area contributed by atoms with Crippen molar-refractivity contribution in [3.8, 4) is 0 Å². The Morgan fingerprint density at radius 3 is 1.68 bits per heavy atom. The summed E-state index contributed by atoms with van der Waals surface area (Å²) in [4.78, 5) is 12.4. The molecule has 0 atom stereocenters. The van der Waals surface area contributed by atoms with Crippen LogP contribution >= 0.6 is 0 Å². The van der Waals surface area contributed by atoms with Crippen LogP contribution in [0.25, 0.3) is 0 Å². The van der Waals surface area contributed by atoms with E-state index in [1.807, 2.05) is 6.92 Å². The van der Waals surface area contributed by atoms with Crippen LogP contribution in [-0.4, -0.2) is 36.2 Å². The quantitative estimate of drug-likeness (QED) is 0.678. The molecule has 2 nitrogen and oxygen atoms in total. The van der Waals surface area contributed by atoms with Gasteiger partial charge in [-0.05, 0) is 25.7 Å². The topological polar surface area (TPSA) is 20.3 Å². The van der Waals surface area contributed by atoms with Gasteiger partial charge in [0.05, 0.1) is 0 Å². The molecule has 0 N–H and O–H groups in total. The van der Waals surface area contributed by atoms with E-state index < -0.39 is 23.7 Å². The normalized spacial score (nSPS) is 19.7. The van der Waals surface area contributed by atoms with E-state index in [2.05, 4.69) is 0 Å². The molecule has 1 saturated heterocycles. The molecule has 0 unspecified atom stereocenters. The summed E-state index contributed by atoms with van der Waals surface area (Å²) in [5.41, 5.74) is -4.33. The summed E-state index contributed by atoms with van der Waals surface area (Å²) in [5, 5.41) is 0. The largest absolute Gasteiger partial charge is 0.411 e. The van der Waals surface area contributed by atoms with Gasteiger partial charge in [0.1, 0.15) is 0 Å². The minimum Gasteiger partial charge on any atom is -0.342 e. The van der Waals surface area contributed by atoms with E-state index in [1.54, 1.807) is 0 Å². The predicted octanol–water partition coefficient (Wildman–Crippen LogP) is 3.38. The highest BCUT2D eigenvalue weighted by Gasteiger charge is 2.73. The Balaban J connectivity index is 3.04. The third-order valence-corrected chi connectivity index (χ3v) is 3.63. The van der Waals surface area contributed by atoms with Gasteiger partial charge in [0.2, 0.25) is 11.3 Å². The summed E-state index contributed by atoms with van der Waals surface area (Å²) < 4.78 is 76.3. The van der Waals surface area contributed by atoms with Gasteiger partial charge in [-0.25, -0.2) is 0 Å². The molecule has 1 aliphatic rings. The number of alkyl halides is 6. The lowest BCUT2D eigenvalue weighted by molar-refractivity contribution is -0.322. The van der Waals surface area contributed by atoms with Gasteiger partial charge in [0.15, 0.2) is 0 Å². The molecule has 112 valence electrons. The van der Waals surface area contributed by atoms with Crippen LogP contribution in [0, 0.1) is 11.3 Å². The minimum absolute atomic E-state index is 0.0677. The van der Waals surface area contributed by atoms with E-state index in [0.29, 0.717) is 17.7 Å². The first-order valence-corrected chi connectivity index (χ1v) is 5.84. The van der Waals surface area contributed by atoms with Crippen molar-refractivity contribution < 1.29 is 31.1 Å². The summed E-state index contributed by atoms with van der Waals surface area (Å²) >= 11 is 0. The second kappa shape index (κ2) is 4.86. The first kappa shape index (κ1) is 16.1. The molecular weight excluding hydrogens is 276 g/mol. The number of hydrogen-bond donors (Lipinski definition) is 0. The number of nitrogens with zero attached hydrogens (tertiary/aromatic N) is 1. The maximum Gasteiger partial charge on any atom is 0.411 e. The first-order chi connectivity index (χ1) is 8.41. The van der Waals surface area contributed by atoms with Crippen LogP contribution in [0.4, 0.5) is 26.3 Å². The lowest BCUT2D eigenvalue weighted by Gasteiger charge is -2.39. The predicted molar refractivity (Wildman–Crippen MR) is 55.2 cm³/mol. The maximum absolute atomic E-state index is 12.7. The molecular formula is C11H15F6NO. The van der Waals surface area contributed by atoms with Gasteiger partial charge in [0.25, 0.3) is 0 Å². The summed E-state index contributed by atoms with van der Waals surface area (Å²) in [5.74, 6) is -1.70. The molecule has 0 bridgehead atoms. The van der Waals surface area contributed by atoms with E-state index >= 15 is 0 Å². The zero-order valence-electron chi connectivity index (χ0n) is 10.5. The summed E-state index contributed by atoms with van der Waals surface area (Å²) in [6.45, 7) is 1.62. The Kier molecular flexibility index (Phi) is 4.12. The fourth-order valence-corrected chi connectivity index (χ4v) is 1.93. The molecule has 1 rings (SSSR count). The Labute approximate surface area is 106 Å². The van der Waals surface area contributed by atoms with Gasteiger partial charge in [-0.15, -0.1) is 0 Å². The van der Waals surface area contributed by atoms with Crippen LogP contribution in [0.5, 0.6) is 0 Å². The highest BCUT2D eigenvalue weighted by Crippen LogP contribution is 2.51. The van der Waals surface area contributed by atoms with E-state index in [9.17, 15) is 31.1 Å². The Bertz CT molecular complexity index is 326. The van der Waals surface area contributed by atoms with Crippen LogP contribution in [-0.2, 0) is 4.79 Å². The van der Waals surface area contributed by atoms with Gasteiger partial charge in [-0.2, -0.15) is 26.3 Å². The number of likely N-dealkylation sites (tertiary alicyclic amines) is 1. The summed E-state index contributed by atoms with van der Waals surface area (Å²) in [6.07, 6.45) is -10.5. The van der Waals surface area contributed by atoms with Gasteiger partial charge >= 0.3 is 12.4 Å². The molecule has 0 aromatic carbocycles. The fraction of sp³-hybridized carbons (Fsp3) is 0.909. The Morgan fingerprint density at radius 2 is 1.37 bits per heavy atom. The third-order valence-electron chi connectivity index (χ3n) is 3.63. The van der Waals surface area contributed by atoms with Gasteiger partial charge < -0.3 is 4.90 Å². The van der Waals surface area contributed by atoms with Crippen molar-refractivity contribution in [3.63, 3.8) is 0 Å². The average molecular weight is 291 g/mol. The fourth-order valence-electron chi connectivity index (χ4n) is 1.93. The van der Waals surface area contributed by atoms with Crippen molar-refractivity contribution >= 4 is 5.91 Å². The number of piperidine rings is 1. The van der Waals surface area contributed by atoms with Crippen molar-refractivity contribution in [2.75, 3.05) is 13.1 Å². The SMILES string of the molecule is CC1CCN(C(=O)C(C)(C(F)(F)F)C(F)(F)F)CC1. The molecule has 0 spiro atoms. The zero-order valence-corrected chi connectivity index (χ0v) is 10.5. The van der Waals surface area contributed by atoms with E-state index in [1.165, 1.54) is 0 Å². The number of halogens is 6. The molecule has 1 fully saturated rings. The van der Waals surface area contributed by atoms with E-state index in [4.69, 9.17) is 0 Å². The summed E-state index contributed by atoms with van der Waals surface area (Å²) in [6, 6.07) is 0. The molecule has 8 heteroatoms. The summed E-state index contributed by atoms with van der Waals surface area (Å²) in [7, 11) is 0. The van der Waals surface area contributed by atoms with Crippen molar-refractivity contribution in [1.82, 2.24) is 4.90 Å². The van der Waals surface area contributed by atoms with E-state index in [0.717, 1.165) is 0 Å². The van der Waals surface area contributed by atoms with Crippen LogP contribution < -0.4 is 0 Å². The van der Waals surface area contributed by atoms with Crippen LogP contribution in [0.1, 0.15) is 26.7 Å². The molecule has 0 radical (unpaired) electrons. The Morgan fingerprint density at radius 1 is 1.00 bits per heavy atom. The van der Waals surface area contributed by atoms with Crippen molar-refractivity contribution in [2.24, 2.45) is 11.3 Å². The van der Waals surface area contributed by atoms with E-state index in [-0.39, 0.29) is 25.9 Å². The van der Waals surface area contributed by atoms with Crippen LogP contribution in [0.3, 0.4) is 0 Å². The molecule has 1 aliphatic heterocycles. The van der Waals surface area contributed by atoms with Gasteiger partial charge in [-0.1, -0.05) is 6.92 Å². The minimum atomic E-state index is -5.66. The lowest BCUT2D eigenvalue weighted by Crippen LogP contribution is -2.59. The van der Waals surface area contributed by atoms with Crippen molar-refractivity contribution in [1.29, 1.82) is 0 Å².